The molecule has 3 aromatic carbocycles. The van der Waals surface area contributed by atoms with E-state index in [1.54, 1.807) is 107 Å². The Hall–Kier alpha value is -4.41. The number of ketones is 1. The molecule has 14 heteroatoms. The van der Waals surface area contributed by atoms with Crippen LogP contribution in [-0.2, 0) is 28.5 Å². The van der Waals surface area contributed by atoms with E-state index >= 15 is 4.79 Å². The van der Waals surface area contributed by atoms with Crippen LogP contribution < -0.4 is 5.32 Å². The third-order valence-corrected chi connectivity index (χ3v) is 13.6. The lowest BCUT2D eigenvalue weighted by atomic mass is 9.44. The molecule has 1 amide bonds. The van der Waals surface area contributed by atoms with Crippen molar-refractivity contribution in [3.8, 4) is 0 Å². The molecule has 10 unspecified atom stereocenters. The third-order valence-electron chi connectivity index (χ3n) is 13.3. The maximum absolute atomic E-state index is 15.2. The highest BCUT2D eigenvalue weighted by atomic mass is 32.2. The first kappa shape index (κ1) is 42.7. The van der Waals surface area contributed by atoms with Gasteiger partial charge in [-0.05, 0) is 61.1 Å². The van der Waals surface area contributed by atoms with E-state index < -0.39 is 101 Å². The second kappa shape index (κ2) is 16.2. The maximum Gasteiger partial charge on any atom is 0.338 e. The number of carbonyl (C=O) groups is 4. The van der Waals surface area contributed by atoms with Gasteiger partial charge in [-0.25, -0.2) is 9.59 Å². The van der Waals surface area contributed by atoms with Gasteiger partial charge in [0.25, 0.3) is 5.91 Å². The molecule has 2 saturated carbocycles. The normalized spacial score (nSPS) is 33.1. The van der Waals surface area contributed by atoms with E-state index in [-0.39, 0.29) is 41.2 Å². The molecule has 3 aliphatic carbocycles. The van der Waals surface area contributed by atoms with Gasteiger partial charge >= 0.3 is 11.9 Å². The number of benzene rings is 3. The summed E-state index contributed by atoms with van der Waals surface area (Å²) < 4.78 is 24.6. The number of esters is 2. The van der Waals surface area contributed by atoms with Gasteiger partial charge in [-0.1, -0.05) is 80.6 Å². The van der Waals surface area contributed by atoms with Gasteiger partial charge in [0, 0.05) is 29.7 Å². The molecule has 3 fully saturated rings. The molecule has 1 heterocycles. The van der Waals surface area contributed by atoms with Crippen LogP contribution in [0.5, 0.6) is 0 Å². The number of amides is 1. The molecule has 1 saturated heterocycles. The first-order chi connectivity index (χ1) is 28.0. The molecule has 7 rings (SSSR count). The Kier molecular flexibility index (Phi) is 11.7. The molecule has 1 aliphatic heterocycles. The SMILES string of the molecule is CSCOC1CC2OCC2(O)C2C(OC(=O)c3ccccc3)C3(O)CC(OC(=O)C(O)C(NC(=O)c4ccccc4)c4ccccc4)C(C)=C(C(O)C(=O)[C@]12C)C3(C)C. The van der Waals surface area contributed by atoms with Crippen LogP contribution in [0.3, 0.4) is 0 Å². The van der Waals surface area contributed by atoms with E-state index in [2.05, 4.69) is 5.32 Å². The number of Topliss-reactive ketones (excluding diaryl/α,β-unsaturated/α-hetero) is 1. The first-order valence-corrected chi connectivity index (χ1v) is 21.1. The minimum absolute atomic E-state index is 0.0311. The average Bonchev–Trinajstić information content (AvgIpc) is 3.23. The van der Waals surface area contributed by atoms with Gasteiger partial charge in [0.2, 0.25) is 0 Å². The van der Waals surface area contributed by atoms with Crippen LogP contribution in [0.4, 0.5) is 0 Å². The quantitative estimate of drug-likeness (QED) is 0.106. The molecular formula is C45H51NO12S. The van der Waals surface area contributed by atoms with Gasteiger partial charge < -0.3 is 44.7 Å². The Balaban J connectivity index is 1.33. The highest BCUT2D eigenvalue weighted by Gasteiger charge is 2.76. The summed E-state index contributed by atoms with van der Waals surface area (Å²) in [7, 11) is 0. The second-order valence-electron chi connectivity index (χ2n) is 16.8. The largest absolute Gasteiger partial charge is 0.456 e. The van der Waals surface area contributed by atoms with Crippen LogP contribution in [0.15, 0.2) is 102 Å². The zero-order chi connectivity index (χ0) is 42.5. The van der Waals surface area contributed by atoms with Crippen LogP contribution >= 0.6 is 11.8 Å². The number of hydrogen-bond donors (Lipinski definition) is 5. The fourth-order valence-corrected chi connectivity index (χ4v) is 10.2. The Morgan fingerprint density at radius 1 is 0.915 bits per heavy atom. The molecular weight excluding hydrogens is 779 g/mol. The molecule has 4 aliphatic rings. The minimum Gasteiger partial charge on any atom is -0.456 e. The number of ether oxygens (including phenoxy) is 4. The van der Waals surface area contributed by atoms with Crippen LogP contribution in [0, 0.1) is 16.7 Å². The number of nitrogens with one attached hydrogen (secondary N) is 1. The monoisotopic (exact) mass is 829 g/mol. The number of rotatable bonds is 11. The summed E-state index contributed by atoms with van der Waals surface area (Å²) in [5, 5.41) is 52.8. The van der Waals surface area contributed by atoms with Gasteiger partial charge in [0.15, 0.2) is 11.9 Å². The summed E-state index contributed by atoms with van der Waals surface area (Å²) in [4.78, 5) is 56.8. The minimum atomic E-state index is -2.26. The summed E-state index contributed by atoms with van der Waals surface area (Å²) in [6.07, 6.45) is -7.30. The number of thioether (sulfide) groups is 1. The Labute approximate surface area is 347 Å². The van der Waals surface area contributed by atoms with E-state index in [0.29, 0.717) is 5.56 Å². The Morgan fingerprint density at radius 3 is 2.08 bits per heavy atom. The topological polar surface area (TPSA) is 198 Å². The zero-order valence-corrected chi connectivity index (χ0v) is 34.4. The standard InChI is InChI=1S/C45H51NO12S/c1-25-29(57-41(52)35(48)33(26-15-9-6-10-16-26)46-39(50)27-17-11-7-12-18-27)22-45(54)38(58-40(51)28-19-13-8-14-20-28)36-43(4,37(49)34(47)32(25)42(45,2)3)30(56-24-59-5)21-31-44(36,53)23-55-31/h6-20,29-31,33-36,38,47-48,53-54H,21-24H2,1-5H3,(H,46,50)/t29?,30?,31?,33?,34?,35?,36?,38?,43-,44?,45?/m1/s1. The fraction of sp³-hybridized carbons (Fsp3) is 0.467. The van der Waals surface area contributed by atoms with Gasteiger partial charge in [-0.2, -0.15) is 0 Å². The molecule has 0 radical (unpaired) electrons. The van der Waals surface area contributed by atoms with Gasteiger partial charge in [-0.3, -0.25) is 9.59 Å². The summed E-state index contributed by atoms with van der Waals surface area (Å²) in [6, 6.07) is 23.5. The molecule has 59 heavy (non-hydrogen) atoms. The highest BCUT2D eigenvalue weighted by Crippen LogP contribution is 2.63. The summed E-state index contributed by atoms with van der Waals surface area (Å²) in [5.74, 6) is -4.56. The first-order valence-electron chi connectivity index (χ1n) is 19.7. The summed E-state index contributed by atoms with van der Waals surface area (Å²) in [6.45, 7) is 6.10. The van der Waals surface area contributed by atoms with E-state index in [4.69, 9.17) is 18.9 Å². The van der Waals surface area contributed by atoms with Crippen molar-refractivity contribution in [2.75, 3.05) is 18.8 Å². The lowest BCUT2D eigenvalue weighted by Gasteiger charge is -2.67. The van der Waals surface area contributed by atoms with E-state index in [1.807, 2.05) is 6.26 Å². The summed E-state index contributed by atoms with van der Waals surface area (Å²) in [5.41, 5.74) is -6.29. The van der Waals surface area contributed by atoms with Crippen LogP contribution in [0.1, 0.15) is 72.9 Å². The molecule has 5 N–H and O–H groups in total. The van der Waals surface area contributed by atoms with E-state index in [9.17, 15) is 34.8 Å². The Morgan fingerprint density at radius 2 is 1.51 bits per heavy atom. The maximum atomic E-state index is 15.2. The predicted octanol–water partition coefficient (Wildman–Crippen LogP) is 3.94. The van der Waals surface area contributed by atoms with Crippen molar-refractivity contribution in [1.82, 2.24) is 5.32 Å². The lowest BCUT2D eigenvalue weighted by molar-refractivity contribution is -0.345. The van der Waals surface area contributed by atoms with Crippen molar-refractivity contribution in [2.45, 2.75) is 94.4 Å². The number of aliphatic hydroxyl groups is 4. The second-order valence-corrected chi connectivity index (χ2v) is 17.6. The molecule has 11 atom stereocenters. The predicted molar refractivity (Wildman–Crippen MR) is 216 cm³/mol. The number of hydrogen-bond acceptors (Lipinski definition) is 13. The molecule has 2 bridgehead atoms. The van der Waals surface area contributed by atoms with Crippen molar-refractivity contribution >= 4 is 35.4 Å². The molecule has 3 aromatic rings. The van der Waals surface area contributed by atoms with Crippen LogP contribution in [-0.4, -0.2) is 111 Å². The molecule has 314 valence electrons. The van der Waals surface area contributed by atoms with Crippen molar-refractivity contribution in [3.63, 3.8) is 0 Å². The van der Waals surface area contributed by atoms with Crippen LogP contribution in [0.2, 0.25) is 0 Å². The van der Waals surface area contributed by atoms with Crippen molar-refractivity contribution in [2.24, 2.45) is 16.7 Å². The zero-order valence-electron chi connectivity index (χ0n) is 33.6. The number of fused-ring (bicyclic) bond motifs is 5. The lowest BCUT2D eigenvalue weighted by Crippen LogP contribution is -2.81. The summed E-state index contributed by atoms with van der Waals surface area (Å²) >= 11 is 1.36. The van der Waals surface area contributed by atoms with Gasteiger partial charge in [0.1, 0.15) is 29.5 Å². The van der Waals surface area contributed by atoms with Gasteiger partial charge in [0.05, 0.1) is 41.8 Å². The average molecular weight is 830 g/mol. The van der Waals surface area contributed by atoms with Crippen molar-refractivity contribution in [1.29, 1.82) is 0 Å². The van der Waals surface area contributed by atoms with E-state index in [0.717, 1.165) is 0 Å². The third kappa shape index (κ3) is 7.11. The van der Waals surface area contributed by atoms with Crippen LogP contribution in [0.25, 0.3) is 0 Å². The highest BCUT2D eigenvalue weighted by molar-refractivity contribution is 7.98. The van der Waals surface area contributed by atoms with Crippen molar-refractivity contribution < 1.29 is 58.6 Å². The molecule has 0 aromatic heterocycles. The molecule has 13 nitrogen and oxygen atoms in total. The molecule has 0 spiro atoms. The number of carbonyl (C=O) groups excluding carboxylic acids is 4. The smallest absolute Gasteiger partial charge is 0.338 e. The van der Waals surface area contributed by atoms with E-state index in [1.165, 1.54) is 23.9 Å². The fourth-order valence-electron chi connectivity index (χ4n) is 9.91. The van der Waals surface area contributed by atoms with Gasteiger partial charge in [-0.15, -0.1) is 11.8 Å². The van der Waals surface area contributed by atoms with Crippen molar-refractivity contribution in [3.05, 3.63) is 119 Å². The number of aliphatic hydroxyl groups excluding tert-OH is 2. The Bertz CT molecular complexity index is 2100.